The van der Waals surface area contributed by atoms with Gasteiger partial charge in [-0.1, -0.05) is 13.3 Å². The minimum Gasteiger partial charge on any atom is -0.354 e. The molecule has 1 atom stereocenters. The van der Waals surface area contributed by atoms with Crippen molar-refractivity contribution >= 4 is 21.6 Å². The van der Waals surface area contributed by atoms with Crippen molar-refractivity contribution in [3.05, 3.63) is 30.1 Å². The van der Waals surface area contributed by atoms with Gasteiger partial charge in [-0.2, -0.15) is 0 Å². The van der Waals surface area contributed by atoms with Crippen molar-refractivity contribution in [3.63, 3.8) is 0 Å². The average molecular weight is 316 g/mol. The second-order valence-corrected chi connectivity index (χ2v) is 6.72. The maximum atomic E-state index is 13.0. The standard InChI is InChI=1S/C14H21FN2O3S/c1-4-5-10-16-14(18)11(2)17(21(3,19)20)13-8-6-12(15)7-9-13/h6-9,11H,4-5,10H2,1-3H3,(H,16,18)/t11-/m0/s1. The molecule has 1 aromatic carbocycles. The Labute approximate surface area is 125 Å². The first kappa shape index (κ1) is 17.4. The van der Waals surface area contributed by atoms with Gasteiger partial charge in [-0.05, 0) is 37.6 Å². The van der Waals surface area contributed by atoms with E-state index in [2.05, 4.69) is 5.32 Å². The second-order valence-electron chi connectivity index (χ2n) is 4.86. The number of benzene rings is 1. The number of unbranched alkanes of at least 4 members (excludes halogenated alkanes) is 1. The van der Waals surface area contributed by atoms with Crippen LogP contribution in [0.4, 0.5) is 10.1 Å². The van der Waals surface area contributed by atoms with Gasteiger partial charge in [-0.3, -0.25) is 9.10 Å². The predicted octanol–water partition coefficient (Wildman–Crippen LogP) is 1.90. The quantitative estimate of drug-likeness (QED) is 0.781. The third-order valence-electron chi connectivity index (χ3n) is 3.00. The Bertz CT molecular complexity index is 572. The fourth-order valence-electron chi connectivity index (χ4n) is 1.93. The molecule has 0 fully saturated rings. The highest BCUT2D eigenvalue weighted by atomic mass is 32.2. The monoisotopic (exact) mass is 316 g/mol. The molecule has 1 amide bonds. The Morgan fingerprint density at radius 3 is 2.38 bits per heavy atom. The first-order chi connectivity index (χ1) is 9.77. The summed E-state index contributed by atoms with van der Waals surface area (Å²) in [4.78, 5) is 12.1. The molecule has 0 saturated carbocycles. The summed E-state index contributed by atoms with van der Waals surface area (Å²) in [7, 11) is -3.66. The first-order valence-corrected chi connectivity index (χ1v) is 8.65. The van der Waals surface area contributed by atoms with Crippen molar-refractivity contribution in [2.45, 2.75) is 32.7 Å². The Kier molecular flexibility index (Phi) is 6.14. The van der Waals surface area contributed by atoms with Gasteiger partial charge in [0.05, 0.1) is 11.9 Å². The van der Waals surface area contributed by atoms with Gasteiger partial charge in [0.25, 0.3) is 0 Å². The number of nitrogens with zero attached hydrogens (tertiary/aromatic N) is 1. The zero-order valence-corrected chi connectivity index (χ0v) is 13.3. The van der Waals surface area contributed by atoms with Crippen LogP contribution >= 0.6 is 0 Å². The number of hydrogen-bond acceptors (Lipinski definition) is 3. The molecule has 0 aliphatic heterocycles. The molecule has 0 unspecified atom stereocenters. The van der Waals surface area contributed by atoms with E-state index in [0.717, 1.165) is 35.5 Å². The molecule has 1 aromatic rings. The third kappa shape index (κ3) is 5.00. The fourth-order valence-corrected chi connectivity index (χ4v) is 3.11. The number of rotatable bonds is 7. The molecular weight excluding hydrogens is 295 g/mol. The molecule has 0 heterocycles. The lowest BCUT2D eigenvalue weighted by Gasteiger charge is -2.28. The first-order valence-electron chi connectivity index (χ1n) is 6.80. The van der Waals surface area contributed by atoms with Crippen LogP contribution in [0.3, 0.4) is 0 Å². The summed E-state index contributed by atoms with van der Waals surface area (Å²) in [5.74, 6) is -0.842. The molecule has 0 bridgehead atoms. The highest BCUT2D eigenvalue weighted by Gasteiger charge is 2.28. The van der Waals surface area contributed by atoms with Gasteiger partial charge in [0.2, 0.25) is 15.9 Å². The van der Waals surface area contributed by atoms with E-state index < -0.39 is 21.9 Å². The lowest BCUT2D eigenvalue weighted by molar-refractivity contribution is -0.121. The third-order valence-corrected chi connectivity index (χ3v) is 4.24. The van der Waals surface area contributed by atoms with Crippen molar-refractivity contribution in [2.75, 3.05) is 17.1 Å². The second kappa shape index (κ2) is 7.40. The fraction of sp³-hybridized carbons (Fsp3) is 0.500. The predicted molar refractivity (Wildman–Crippen MR) is 81.1 cm³/mol. The topological polar surface area (TPSA) is 66.5 Å². The van der Waals surface area contributed by atoms with Crippen molar-refractivity contribution in [2.24, 2.45) is 0 Å². The van der Waals surface area contributed by atoms with Crippen LogP contribution in [-0.4, -0.2) is 33.2 Å². The number of carbonyl (C=O) groups is 1. The molecule has 5 nitrogen and oxygen atoms in total. The number of amides is 1. The van der Waals surface area contributed by atoms with Gasteiger partial charge in [0.15, 0.2) is 0 Å². The van der Waals surface area contributed by atoms with E-state index >= 15 is 0 Å². The van der Waals surface area contributed by atoms with Gasteiger partial charge < -0.3 is 5.32 Å². The number of hydrogen-bond donors (Lipinski definition) is 1. The van der Waals surface area contributed by atoms with Crippen LogP contribution in [0, 0.1) is 5.82 Å². The van der Waals surface area contributed by atoms with Gasteiger partial charge >= 0.3 is 0 Å². The largest absolute Gasteiger partial charge is 0.354 e. The van der Waals surface area contributed by atoms with Gasteiger partial charge in [0.1, 0.15) is 11.9 Å². The van der Waals surface area contributed by atoms with Crippen molar-refractivity contribution in [1.29, 1.82) is 0 Å². The molecule has 1 rings (SSSR count). The van der Waals surface area contributed by atoms with E-state index in [4.69, 9.17) is 0 Å². The minimum atomic E-state index is -3.66. The SMILES string of the molecule is CCCCNC(=O)[C@H](C)N(c1ccc(F)cc1)S(C)(=O)=O. The maximum Gasteiger partial charge on any atom is 0.243 e. The molecule has 0 radical (unpaired) electrons. The molecule has 0 spiro atoms. The van der Waals surface area contributed by atoms with E-state index in [1.54, 1.807) is 0 Å². The number of nitrogens with one attached hydrogen (secondary N) is 1. The molecule has 0 aliphatic carbocycles. The maximum absolute atomic E-state index is 13.0. The lowest BCUT2D eigenvalue weighted by atomic mass is 10.2. The summed E-state index contributed by atoms with van der Waals surface area (Å²) in [6.45, 7) is 4.00. The Balaban J connectivity index is 2.98. The zero-order valence-electron chi connectivity index (χ0n) is 12.5. The lowest BCUT2D eigenvalue weighted by Crippen LogP contribution is -2.48. The summed E-state index contributed by atoms with van der Waals surface area (Å²) in [5, 5.41) is 2.70. The molecule has 21 heavy (non-hydrogen) atoms. The average Bonchev–Trinajstić information content (AvgIpc) is 2.39. The van der Waals surface area contributed by atoms with Crippen LogP contribution in [0.25, 0.3) is 0 Å². The van der Waals surface area contributed by atoms with Crippen LogP contribution in [0.5, 0.6) is 0 Å². The van der Waals surface area contributed by atoms with Crippen molar-refractivity contribution in [1.82, 2.24) is 5.32 Å². The number of sulfonamides is 1. The molecule has 0 aliphatic rings. The van der Waals surface area contributed by atoms with Crippen LogP contribution in [0.1, 0.15) is 26.7 Å². The summed E-state index contributed by atoms with van der Waals surface area (Å²) in [6.07, 6.45) is 2.78. The highest BCUT2D eigenvalue weighted by molar-refractivity contribution is 7.92. The number of carbonyl (C=O) groups excluding carboxylic acids is 1. The van der Waals surface area contributed by atoms with Crippen LogP contribution in [0.15, 0.2) is 24.3 Å². The van der Waals surface area contributed by atoms with Crippen molar-refractivity contribution < 1.29 is 17.6 Å². The van der Waals surface area contributed by atoms with E-state index in [0.29, 0.717) is 6.54 Å². The van der Waals surface area contributed by atoms with Crippen molar-refractivity contribution in [3.8, 4) is 0 Å². The summed E-state index contributed by atoms with van der Waals surface area (Å²) < 4.78 is 37.8. The number of halogens is 1. The Morgan fingerprint density at radius 2 is 1.90 bits per heavy atom. The minimum absolute atomic E-state index is 0.261. The zero-order chi connectivity index (χ0) is 16.0. The summed E-state index contributed by atoms with van der Waals surface area (Å²) in [5.41, 5.74) is 0.261. The highest BCUT2D eigenvalue weighted by Crippen LogP contribution is 2.21. The molecule has 0 saturated heterocycles. The number of anilines is 1. The van der Waals surface area contributed by atoms with E-state index in [1.807, 2.05) is 6.92 Å². The van der Waals surface area contributed by atoms with Gasteiger partial charge in [-0.25, -0.2) is 12.8 Å². The Morgan fingerprint density at radius 1 is 1.33 bits per heavy atom. The van der Waals surface area contributed by atoms with Gasteiger partial charge in [0, 0.05) is 6.54 Å². The molecule has 1 N–H and O–H groups in total. The smallest absolute Gasteiger partial charge is 0.243 e. The molecule has 0 aromatic heterocycles. The normalized spacial score (nSPS) is 12.8. The van der Waals surface area contributed by atoms with Crippen LogP contribution < -0.4 is 9.62 Å². The summed E-state index contributed by atoms with van der Waals surface area (Å²) in [6, 6.07) is 4.10. The van der Waals surface area contributed by atoms with E-state index in [-0.39, 0.29) is 11.6 Å². The molecule has 118 valence electrons. The van der Waals surface area contributed by atoms with Gasteiger partial charge in [-0.15, -0.1) is 0 Å². The van der Waals surface area contributed by atoms with Crippen LogP contribution in [0.2, 0.25) is 0 Å². The van der Waals surface area contributed by atoms with E-state index in [9.17, 15) is 17.6 Å². The molecular formula is C14H21FN2O3S. The van der Waals surface area contributed by atoms with Crippen LogP contribution in [-0.2, 0) is 14.8 Å². The summed E-state index contributed by atoms with van der Waals surface area (Å²) >= 11 is 0. The Hall–Kier alpha value is -1.63. The van der Waals surface area contributed by atoms with E-state index in [1.165, 1.54) is 19.1 Å². The molecule has 7 heteroatoms.